The van der Waals surface area contributed by atoms with Crippen LogP contribution in [0.1, 0.15) is 27.8 Å². The molecule has 0 aromatic heterocycles. The van der Waals surface area contributed by atoms with Crippen LogP contribution in [0.25, 0.3) is 0 Å². The number of carbonyl (C=O) groups is 1. The van der Waals surface area contributed by atoms with E-state index in [-0.39, 0.29) is 6.42 Å². The molecule has 3 nitrogen and oxygen atoms in total. The van der Waals surface area contributed by atoms with E-state index in [0.29, 0.717) is 6.61 Å². The number of benzene rings is 2. The maximum absolute atomic E-state index is 10.6. The van der Waals surface area contributed by atoms with Crippen LogP contribution in [0.5, 0.6) is 5.75 Å². The molecule has 0 aliphatic heterocycles. The summed E-state index contributed by atoms with van der Waals surface area (Å²) in [5, 5.41) is 8.75. The predicted molar refractivity (Wildman–Crippen MR) is 82.8 cm³/mol. The number of rotatable bonds is 5. The normalized spacial score (nSPS) is 10.4. The van der Waals surface area contributed by atoms with Crippen molar-refractivity contribution < 1.29 is 14.6 Å². The second-order valence-corrected chi connectivity index (χ2v) is 5.38. The van der Waals surface area contributed by atoms with E-state index < -0.39 is 5.97 Å². The Morgan fingerprint density at radius 2 is 1.67 bits per heavy atom. The van der Waals surface area contributed by atoms with Gasteiger partial charge < -0.3 is 9.84 Å². The molecular formula is C18H20O3. The number of carboxylic acid groups (broad SMARTS) is 1. The van der Waals surface area contributed by atoms with Gasteiger partial charge in [0.05, 0.1) is 6.42 Å². The van der Waals surface area contributed by atoms with Crippen molar-refractivity contribution in [3.63, 3.8) is 0 Å². The first-order valence-corrected chi connectivity index (χ1v) is 6.96. The standard InChI is InChI=1S/C18H20O3/c1-12-8-13(2)14(3)17(9-12)21-11-16-6-4-15(5-7-16)10-18(19)20/h4-9H,10-11H2,1-3H3,(H,19,20). The summed E-state index contributed by atoms with van der Waals surface area (Å²) in [7, 11) is 0. The average Bonchev–Trinajstić information content (AvgIpc) is 2.42. The summed E-state index contributed by atoms with van der Waals surface area (Å²) in [5.74, 6) is 0.0898. The zero-order valence-corrected chi connectivity index (χ0v) is 12.6. The summed E-state index contributed by atoms with van der Waals surface area (Å²) in [6.45, 7) is 6.67. The molecule has 2 rings (SSSR count). The fourth-order valence-corrected chi connectivity index (χ4v) is 2.24. The Balaban J connectivity index is 2.05. The van der Waals surface area contributed by atoms with Gasteiger partial charge in [-0.25, -0.2) is 0 Å². The molecule has 0 saturated heterocycles. The molecule has 0 atom stereocenters. The van der Waals surface area contributed by atoms with Crippen molar-refractivity contribution in [2.45, 2.75) is 33.8 Å². The molecule has 0 unspecified atom stereocenters. The molecule has 21 heavy (non-hydrogen) atoms. The van der Waals surface area contributed by atoms with Crippen LogP contribution in [0.15, 0.2) is 36.4 Å². The summed E-state index contributed by atoms with van der Waals surface area (Å²) in [6.07, 6.45) is 0.0529. The van der Waals surface area contributed by atoms with E-state index in [9.17, 15) is 4.79 Å². The Hall–Kier alpha value is -2.29. The first-order valence-electron chi connectivity index (χ1n) is 6.96. The number of aryl methyl sites for hydroxylation is 2. The van der Waals surface area contributed by atoms with Crippen LogP contribution < -0.4 is 4.74 Å². The van der Waals surface area contributed by atoms with Gasteiger partial charge in [-0.3, -0.25) is 4.79 Å². The lowest BCUT2D eigenvalue weighted by atomic mass is 10.1. The third-order valence-electron chi connectivity index (χ3n) is 3.54. The highest BCUT2D eigenvalue weighted by atomic mass is 16.5. The Kier molecular flexibility index (Phi) is 4.63. The van der Waals surface area contributed by atoms with E-state index in [2.05, 4.69) is 26.8 Å². The van der Waals surface area contributed by atoms with Gasteiger partial charge in [-0.2, -0.15) is 0 Å². The van der Waals surface area contributed by atoms with Crippen LogP contribution >= 0.6 is 0 Å². The van der Waals surface area contributed by atoms with Crippen LogP contribution in [-0.4, -0.2) is 11.1 Å². The van der Waals surface area contributed by atoms with Crippen molar-refractivity contribution in [1.29, 1.82) is 0 Å². The van der Waals surface area contributed by atoms with Crippen LogP contribution in [0.3, 0.4) is 0 Å². The van der Waals surface area contributed by atoms with E-state index in [4.69, 9.17) is 9.84 Å². The van der Waals surface area contributed by atoms with Crippen LogP contribution in [0.2, 0.25) is 0 Å². The average molecular weight is 284 g/mol. The third kappa shape index (κ3) is 4.09. The smallest absolute Gasteiger partial charge is 0.307 e. The summed E-state index contributed by atoms with van der Waals surface area (Å²) in [5.41, 5.74) is 5.39. The summed E-state index contributed by atoms with van der Waals surface area (Å²) in [4.78, 5) is 10.6. The van der Waals surface area contributed by atoms with Gasteiger partial charge in [0.1, 0.15) is 12.4 Å². The summed E-state index contributed by atoms with van der Waals surface area (Å²) >= 11 is 0. The molecule has 1 N–H and O–H groups in total. The molecule has 0 aliphatic rings. The lowest BCUT2D eigenvalue weighted by Gasteiger charge is -2.12. The maximum Gasteiger partial charge on any atom is 0.307 e. The maximum atomic E-state index is 10.6. The molecule has 0 aliphatic carbocycles. The van der Waals surface area contributed by atoms with Crippen molar-refractivity contribution in [1.82, 2.24) is 0 Å². The summed E-state index contributed by atoms with van der Waals surface area (Å²) in [6, 6.07) is 11.7. The topological polar surface area (TPSA) is 46.5 Å². The van der Waals surface area contributed by atoms with E-state index in [1.54, 1.807) is 0 Å². The fraction of sp³-hybridized carbons (Fsp3) is 0.278. The van der Waals surface area contributed by atoms with Gasteiger partial charge in [0.25, 0.3) is 0 Å². The molecule has 2 aromatic carbocycles. The zero-order chi connectivity index (χ0) is 15.4. The minimum Gasteiger partial charge on any atom is -0.489 e. The van der Waals surface area contributed by atoms with E-state index in [1.807, 2.05) is 30.3 Å². The zero-order valence-electron chi connectivity index (χ0n) is 12.6. The molecule has 0 saturated carbocycles. The predicted octanol–water partition coefficient (Wildman–Crippen LogP) is 3.82. The number of hydrogen-bond donors (Lipinski definition) is 1. The van der Waals surface area contributed by atoms with Crippen molar-refractivity contribution in [3.05, 3.63) is 64.2 Å². The van der Waals surface area contributed by atoms with Crippen molar-refractivity contribution in [3.8, 4) is 5.75 Å². The van der Waals surface area contributed by atoms with Crippen LogP contribution in [0.4, 0.5) is 0 Å². The number of hydrogen-bond acceptors (Lipinski definition) is 2. The van der Waals surface area contributed by atoms with Crippen molar-refractivity contribution in [2.24, 2.45) is 0 Å². The van der Waals surface area contributed by atoms with Gasteiger partial charge in [0, 0.05) is 0 Å². The largest absolute Gasteiger partial charge is 0.489 e. The molecule has 3 heteroatoms. The van der Waals surface area contributed by atoms with Gasteiger partial charge in [0.2, 0.25) is 0 Å². The molecule has 0 radical (unpaired) electrons. The molecule has 0 amide bonds. The molecule has 0 fully saturated rings. The highest BCUT2D eigenvalue weighted by Gasteiger charge is 2.05. The molecular weight excluding hydrogens is 264 g/mol. The van der Waals surface area contributed by atoms with Crippen molar-refractivity contribution in [2.75, 3.05) is 0 Å². The fourth-order valence-electron chi connectivity index (χ4n) is 2.24. The van der Waals surface area contributed by atoms with Gasteiger partial charge >= 0.3 is 5.97 Å². The van der Waals surface area contributed by atoms with Crippen LogP contribution in [-0.2, 0) is 17.8 Å². The SMILES string of the molecule is Cc1cc(C)c(C)c(OCc2ccc(CC(=O)O)cc2)c1. The quantitative estimate of drug-likeness (QED) is 0.908. The Bertz CT molecular complexity index is 642. The lowest BCUT2D eigenvalue weighted by Crippen LogP contribution is -2.01. The number of carboxylic acids is 1. The monoisotopic (exact) mass is 284 g/mol. The Labute approximate surface area is 125 Å². The number of ether oxygens (including phenoxy) is 1. The molecule has 0 heterocycles. The van der Waals surface area contributed by atoms with Crippen molar-refractivity contribution >= 4 is 5.97 Å². The molecule has 0 spiro atoms. The minimum atomic E-state index is -0.815. The minimum absolute atomic E-state index is 0.0529. The lowest BCUT2D eigenvalue weighted by molar-refractivity contribution is -0.136. The van der Waals surface area contributed by atoms with Gasteiger partial charge in [-0.05, 0) is 54.7 Å². The third-order valence-corrected chi connectivity index (χ3v) is 3.54. The molecule has 110 valence electrons. The first-order chi connectivity index (χ1) is 9.95. The van der Waals surface area contributed by atoms with E-state index >= 15 is 0 Å². The summed E-state index contributed by atoms with van der Waals surface area (Å²) < 4.78 is 5.89. The molecule has 0 bridgehead atoms. The number of aliphatic carboxylic acids is 1. The van der Waals surface area contributed by atoms with Gasteiger partial charge in [0.15, 0.2) is 0 Å². The second-order valence-electron chi connectivity index (χ2n) is 5.38. The Morgan fingerprint density at radius 3 is 2.29 bits per heavy atom. The van der Waals surface area contributed by atoms with Crippen LogP contribution in [0, 0.1) is 20.8 Å². The van der Waals surface area contributed by atoms with E-state index in [0.717, 1.165) is 22.4 Å². The highest BCUT2D eigenvalue weighted by molar-refractivity contribution is 5.70. The van der Waals surface area contributed by atoms with Gasteiger partial charge in [-0.15, -0.1) is 0 Å². The Morgan fingerprint density at radius 1 is 1.05 bits per heavy atom. The second kappa shape index (κ2) is 6.44. The van der Waals surface area contributed by atoms with Gasteiger partial charge in [-0.1, -0.05) is 30.3 Å². The highest BCUT2D eigenvalue weighted by Crippen LogP contribution is 2.24. The van der Waals surface area contributed by atoms with E-state index in [1.165, 1.54) is 11.1 Å². The first kappa shape index (κ1) is 15.1. The molecule has 2 aromatic rings.